The van der Waals surface area contributed by atoms with E-state index in [0.717, 1.165) is 11.1 Å². The molecule has 0 amide bonds. The Bertz CT molecular complexity index is 2780. The molecule has 36 heteroatoms. The maximum Gasteiger partial charge on any atom is 0.479 e. The van der Waals surface area contributed by atoms with Gasteiger partial charge in [0.15, 0.2) is 0 Å². The Labute approximate surface area is 468 Å². The maximum absolute atomic E-state index is 14.2. The molecule has 4 aromatic rings. The molecule has 4 saturated heterocycles. The highest BCUT2D eigenvalue weighted by Gasteiger charge is 2.61. The van der Waals surface area contributed by atoms with Crippen molar-refractivity contribution in [1.29, 1.82) is 5.26 Å². The standard InChI is InChI=1S/C43H63N3O24PSi8/c1-32-29-46(42(52)45-41(32)51)40-28-38(50)39(60-40)30-56-43(33-8-4-3-5-9-33,34-10-14-36(54-2)15-11-34)35-12-16-37(17-13-35)55-22-7-24-58-71(53,57-23-6-18-44)59-31-75-62-73-64-77-65-76-63-72-61-74(25-19-47)66-78(68-76,26-20-48)70-79(67-75,69-77)27-21-49/h3-5,8-17,29,38-40,47-50,74,76-77H,6-7,19-28,30-31,72-73H2,1-2H3,(H,45,51,52)/t38-,39-,40-,43?,71?,74?,76?,77?,78?,79?/m1/s1. The first-order valence-electron chi connectivity index (χ1n) is 25.1. The summed E-state index contributed by atoms with van der Waals surface area (Å²) in [7, 11) is -26.1. The van der Waals surface area contributed by atoms with Gasteiger partial charge in [0.05, 0.1) is 52.1 Å². The summed E-state index contributed by atoms with van der Waals surface area (Å²) >= 11 is 0. The van der Waals surface area contributed by atoms with E-state index in [1.807, 2.05) is 72.8 Å². The molecule has 1 aromatic heterocycles. The zero-order chi connectivity index (χ0) is 55.9. The van der Waals surface area contributed by atoms with Crippen LogP contribution in [-0.2, 0) is 74.4 Å². The minimum Gasteiger partial charge on any atom is -0.497 e. The number of phosphoric acid groups is 1. The van der Waals surface area contributed by atoms with Crippen molar-refractivity contribution in [2.45, 2.75) is 68.4 Å². The monoisotopic (exact) mass is 1260 g/mol. The van der Waals surface area contributed by atoms with E-state index in [1.54, 1.807) is 26.2 Å². The SMILES string of the molecule is COc1ccc(C(OC[C@H]2O[C@@H](n3cc(C)c(=O)[nH]c3=O)C[C@H]2O)(c2ccccc2)c2ccc(OCCCOP(=O)(OCCC#N)OC[Si]3O[SiH2]O[SiH]4O[SiH]5O[SiH2]O[SiH](CCO)O[Si](CCO)(O5)O[Si](CCO)(O3)O4)cc2)cc1. The third-order valence-corrected chi connectivity index (χ3v) is 37.3. The van der Waals surface area contributed by atoms with Gasteiger partial charge in [0.1, 0.15) is 35.7 Å². The second-order valence-electron chi connectivity index (χ2n) is 17.8. The van der Waals surface area contributed by atoms with Crippen LogP contribution < -0.4 is 20.7 Å². The molecule has 4 aliphatic rings. The lowest BCUT2D eigenvalue weighted by molar-refractivity contribution is -0.0944. The van der Waals surface area contributed by atoms with E-state index in [-0.39, 0.29) is 70.4 Å². The number of phosphoric ester groups is 1. The summed E-state index contributed by atoms with van der Waals surface area (Å²) in [5.41, 5.74) is 0.0164. The molecule has 4 aliphatic heterocycles. The smallest absolute Gasteiger partial charge is 0.479 e. The van der Waals surface area contributed by atoms with Crippen LogP contribution in [0.3, 0.4) is 0 Å². The van der Waals surface area contributed by atoms with Crippen LogP contribution in [-0.4, -0.2) is 177 Å². The van der Waals surface area contributed by atoms with Gasteiger partial charge >= 0.3 is 68.7 Å². The minimum atomic E-state index is -4.42. The molecular formula is C43H63N3O24PSi8. The Hall–Kier alpha value is -3.36. The number of aromatic amines is 1. The molecule has 0 aliphatic carbocycles. The number of nitrogens with zero attached hydrogens (tertiary/aromatic N) is 2. The molecule has 5 heterocycles. The molecule has 1 radical (unpaired) electrons. The number of nitrogens with one attached hydrogen (secondary N) is 1. The van der Waals surface area contributed by atoms with Gasteiger partial charge in [0.25, 0.3) is 25.6 Å². The highest BCUT2D eigenvalue weighted by atomic mass is 31.2. The zero-order valence-electron chi connectivity index (χ0n) is 43.2. The molecular weight excluding hydrogens is 1200 g/mol. The fourth-order valence-electron chi connectivity index (χ4n) is 8.60. The van der Waals surface area contributed by atoms with Gasteiger partial charge < -0.3 is 80.5 Å². The quantitative estimate of drug-likeness (QED) is 0.0220. The average Bonchev–Trinajstić information content (AvgIpc) is 3.96. The number of hydrogen-bond acceptors (Lipinski definition) is 25. The first kappa shape index (κ1) is 61.7. The fraction of sp³-hybridized carbons (Fsp3) is 0.465. The van der Waals surface area contributed by atoms with Crippen LogP contribution in [0.2, 0.25) is 18.1 Å². The van der Waals surface area contributed by atoms with Crippen molar-refractivity contribution in [3.05, 3.63) is 128 Å². The summed E-state index contributed by atoms with van der Waals surface area (Å²) in [6.45, 7) is -0.106. The largest absolute Gasteiger partial charge is 0.497 e. The van der Waals surface area contributed by atoms with Gasteiger partial charge in [0, 0.05) is 62.6 Å². The summed E-state index contributed by atoms with van der Waals surface area (Å²) in [6.07, 6.45) is -1.70. The highest BCUT2D eigenvalue weighted by molar-refractivity contribution is 7.48. The predicted octanol–water partition coefficient (Wildman–Crippen LogP) is -0.907. The Morgan fingerprint density at radius 2 is 1.53 bits per heavy atom. The number of aliphatic hydroxyl groups excluding tert-OH is 4. The van der Waals surface area contributed by atoms with E-state index >= 15 is 0 Å². The maximum atomic E-state index is 14.2. The lowest BCUT2D eigenvalue weighted by Gasteiger charge is -2.46. The van der Waals surface area contributed by atoms with Gasteiger partial charge in [-0.05, 0) is 47.9 Å². The van der Waals surface area contributed by atoms with Gasteiger partial charge in [0.2, 0.25) is 0 Å². The number of aromatic nitrogens is 2. The van der Waals surface area contributed by atoms with Crippen molar-refractivity contribution in [3.8, 4) is 17.6 Å². The number of benzene rings is 3. The molecule has 0 spiro atoms. The van der Waals surface area contributed by atoms with Gasteiger partial charge in [-0.25, -0.2) is 9.36 Å². The van der Waals surface area contributed by atoms with Crippen LogP contribution >= 0.6 is 7.82 Å². The molecule has 7 unspecified atom stereocenters. The zero-order valence-corrected chi connectivity index (χ0v) is 53.3. The molecule has 10 atom stereocenters. The van der Waals surface area contributed by atoms with Crippen molar-refractivity contribution in [1.82, 2.24) is 9.55 Å². The molecule has 431 valence electrons. The number of hydrogen-bond donors (Lipinski definition) is 5. The molecule has 4 bridgehead atoms. The number of nitriles is 1. The van der Waals surface area contributed by atoms with E-state index in [1.165, 1.54) is 10.8 Å². The molecule has 8 rings (SSSR count). The lowest BCUT2D eigenvalue weighted by Crippen LogP contribution is -2.70. The van der Waals surface area contributed by atoms with E-state index in [4.69, 9.17) is 73.7 Å². The van der Waals surface area contributed by atoms with E-state index < -0.39 is 138 Å². The average molecular weight is 1260 g/mol. The van der Waals surface area contributed by atoms with Crippen molar-refractivity contribution >= 4 is 83.1 Å². The topological polar surface area (TPSA) is 334 Å². The third kappa shape index (κ3) is 16.0. The van der Waals surface area contributed by atoms with Gasteiger partial charge in [-0.2, -0.15) is 5.26 Å². The number of aliphatic hydroxyl groups is 4. The second-order valence-corrected chi connectivity index (χ2v) is 38.0. The predicted molar refractivity (Wildman–Crippen MR) is 290 cm³/mol. The van der Waals surface area contributed by atoms with Crippen molar-refractivity contribution < 1.29 is 98.7 Å². The van der Waals surface area contributed by atoms with Crippen LogP contribution in [0.4, 0.5) is 0 Å². The van der Waals surface area contributed by atoms with E-state index in [2.05, 4.69) is 4.98 Å². The van der Waals surface area contributed by atoms with Crippen LogP contribution in [0, 0.1) is 18.3 Å². The summed E-state index contributed by atoms with van der Waals surface area (Å²) in [5.74, 6) is 1.09. The molecule has 27 nitrogen and oxygen atoms in total. The normalized spacial score (nSPS) is 27.8. The molecule has 3 aromatic carbocycles. The van der Waals surface area contributed by atoms with Crippen LogP contribution in [0.15, 0.2) is 94.6 Å². The number of methoxy groups -OCH3 is 1. The molecule has 79 heavy (non-hydrogen) atoms. The Morgan fingerprint density at radius 1 is 0.861 bits per heavy atom. The number of fused-ring (bicyclic) bond motifs is 4. The molecule has 4 fully saturated rings. The summed E-state index contributed by atoms with van der Waals surface area (Å²) in [4.78, 5) is 27.2. The fourth-order valence-corrected chi connectivity index (χ4v) is 38.2. The van der Waals surface area contributed by atoms with Crippen LogP contribution in [0.5, 0.6) is 11.5 Å². The van der Waals surface area contributed by atoms with Gasteiger partial charge in [-0.15, -0.1) is 0 Å². The Morgan fingerprint density at radius 3 is 2.23 bits per heavy atom. The summed E-state index contributed by atoms with van der Waals surface area (Å²) < 4.78 is 119. The molecule has 5 N–H and O–H groups in total. The minimum absolute atomic E-state index is 0.0729. The van der Waals surface area contributed by atoms with E-state index in [9.17, 15) is 39.8 Å². The first-order chi connectivity index (χ1) is 38.3. The first-order valence-corrected chi connectivity index (χ1v) is 38.9. The molecule has 0 saturated carbocycles. The van der Waals surface area contributed by atoms with E-state index in [0.29, 0.717) is 22.6 Å². The van der Waals surface area contributed by atoms with Crippen molar-refractivity contribution in [2.75, 3.05) is 59.6 Å². The number of rotatable bonds is 26. The highest BCUT2D eigenvalue weighted by Crippen LogP contribution is 2.50. The lowest BCUT2D eigenvalue weighted by atomic mass is 9.80. The van der Waals surface area contributed by atoms with Crippen LogP contribution in [0.25, 0.3) is 0 Å². The second kappa shape index (κ2) is 29.2. The van der Waals surface area contributed by atoms with Gasteiger partial charge in [-0.3, -0.25) is 27.9 Å². The van der Waals surface area contributed by atoms with Crippen molar-refractivity contribution in [3.63, 3.8) is 0 Å². The Balaban J connectivity index is 0.937. The number of ether oxygens (including phenoxy) is 4. The third-order valence-electron chi connectivity index (χ3n) is 12.4. The number of H-pyrrole nitrogens is 1. The number of aryl methyl sites for hydroxylation is 1. The summed E-state index contributed by atoms with van der Waals surface area (Å²) in [6, 6.07) is 25.9. The van der Waals surface area contributed by atoms with Gasteiger partial charge in [-0.1, -0.05) is 54.6 Å². The van der Waals surface area contributed by atoms with Crippen LogP contribution in [0.1, 0.15) is 47.7 Å². The summed E-state index contributed by atoms with van der Waals surface area (Å²) in [5, 5.41) is 50.7. The Kier molecular flexibility index (Phi) is 22.8. The van der Waals surface area contributed by atoms with Crippen molar-refractivity contribution in [2.24, 2.45) is 0 Å².